The highest BCUT2D eigenvalue weighted by molar-refractivity contribution is 5.98. The Kier molecular flexibility index (Phi) is 6.87. The molecule has 0 spiro atoms. The van der Waals surface area contributed by atoms with Crippen molar-refractivity contribution in [3.05, 3.63) is 65.9 Å². The Morgan fingerprint density at radius 1 is 1.14 bits per heavy atom. The van der Waals surface area contributed by atoms with Crippen molar-refractivity contribution in [3.8, 4) is 17.3 Å². The lowest BCUT2D eigenvalue weighted by molar-refractivity contribution is -0.137. The second-order valence-electron chi connectivity index (χ2n) is 8.65. The van der Waals surface area contributed by atoms with E-state index in [-0.39, 0.29) is 29.6 Å². The monoisotopic (exact) mass is 507 g/mol. The van der Waals surface area contributed by atoms with E-state index in [9.17, 15) is 26.7 Å². The third-order valence-electron chi connectivity index (χ3n) is 5.85. The summed E-state index contributed by atoms with van der Waals surface area (Å²) in [4.78, 5) is 30.9. The maximum Gasteiger partial charge on any atom is 0.417 e. The van der Waals surface area contributed by atoms with E-state index < -0.39 is 48.5 Å². The summed E-state index contributed by atoms with van der Waals surface area (Å²) in [5.74, 6) is -4.49. The number of aryl methyl sites for hydroxylation is 1. The van der Waals surface area contributed by atoms with Crippen LogP contribution in [0.5, 0.6) is 5.88 Å². The molecule has 7 nitrogen and oxygen atoms in total. The molecule has 36 heavy (non-hydrogen) atoms. The van der Waals surface area contributed by atoms with Crippen molar-refractivity contribution < 1.29 is 31.5 Å². The highest BCUT2D eigenvalue weighted by atomic mass is 19.4. The van der Waals surface area contributed by atoms with Crippen LogP contribution in [-0.4, -0.2) is 55.9 Å². The average Bonchev–Trinajstić information content (AvgIpc) is 2.82. The second kappa shape index (κ2) is 9.75. The molecule has 2 atom stereocenters. The average molecular weight is 507 g/mol. The van der Waals surface area contributed by atoms with Crippen LogP contribution in [0.1, 0.15) is 35.1 Å². The van der Waals surface area contributed by atoms with Gasteiger partial charge in [0, 0.05) is 36.8 Å². The molecule has 4 heterocycles. The molecule has 0 radical (unpaired) electrons. The molecule has 190 valence electrons. The van der Waals surface area contributed by atoms with Crippen LogP contribution in [0.15, 0.2) is 48.9 Å². The summed E-state index contributed by atoms with van der Waals surface area (Å²) in [7, 11) is 0. The van der Waals surface area contributed by atoms with Crippen LogP contribution in [0.4, 0.5) is 22.0 Å². The van der Waals surface area contributed by atoms with E-state index in [1.807, 2.05) is 0 Å². The van der Waals surface area contributed by atoms with Crippen LogP contribution in [-0.2, 0) is 6.18 Å². The molecule has 12 heteroatoms. The normalized spacial score (nSPS) is 19.7. The molecule has 1 amide bonds. The van der Waals surface area contributed by atoms with Gasteiger partial charge in [0.15, 0.2) is 5.82 Å². The van der Waals surface area contributed by atoms with Crippen molar-refractivity contribution in [1.29, 1.82) is 0 Å². The number of ether oxygens (including phenoxy) is 1. The van der Waals surface area contributed by atoms with E-state index >= 15 is 0 Å². The molecule has 4 rings (SSSR count). The number of aromatic nitrogens is 4. The summed E-state index contributed by atoms with van der Waals surface area (Å²) >= 11 is 0. The van der Waals surface area contributed by atoms with Gasteiger partial charge in [-0.1, -0.05) is 6.92 Å². The molecule has 1 aliphatic rings. The fourth-order valence-corrected chi connectivity index (χ4v) is 4.10. The van der Waals surface area contributed by atoms with Gasteiger partial charge in [-0.2, -0.15) is 13.2 Å². The Hall–Kier alpha value is -3.70. The first-order valence-corrected chi connectivity index (χ1v) is 11.0. The van der Waals surface area contributed by atoms with Crippen molar-refractivity contribution in [2.24, 2.45) is 5.92 Å². The maximum absolute atomic E-state index is 14.6. The Morgan fingerprint density at radius 2 is 1.86 bits per heavy atom. The smallest absolute Gasteiger partial charge is 0.417 e. The zero-order valence-corrected chi connectivity index (χ0v) is 19.3. The first kappa shape index (κ1) is 25.4. The van der Waals surface area contributed by atoms with Gasteiger partial charge < -0.3 is 9.64 Å². The molecule has 3 aromatic rings. The summed E-state index contributed by atoms with van der Waals surface area (Å²) in [5.41, 5.74) is -0.240. The van der Waals surface area contributed by atoms with Gasteiger partial charge in [-0.15, -0.1) is 0 Å². The van der Waals surface area contributed by atoms with Crippen LogP contribution in [0.2, 0.25) is 0 Å². The zero-order valence-electron chi connectivity index (χ0n) is 19.3. The number of nitrogens with zero attached hydrogens (tertiary/aromatic N) is 5. The number of carbonyl (C=O) groups is 1. The Balaban J connectivity index is 1.63. The topological polar surface area (TPSA) is 81.1 Å². The van der Waals surface area contributed by atoms with Crippen molar-refractivity contribution >= 4 is 5.91 Å². The number of rotatable bonds is 5. The van der Waals surface area contributed by atoms with Crippen molar-refractivity contribution in [1.82, 2.24) is 24.8 Å². The second-order valence-corrected chi connectivity index (χ2v) is 8.65. The first-order valence-electron chi connectivity index (χ1n) is 11.0. The lowest BCUT2D eigenvalue weighted by atomic mass is 9.88. The van der Waals surface area contributed by atoms with Gasteiger partial charge in [0.1, 0.15) is 12.3 Å². The number of likely N-dealkylation sites (tertiary alicyclic amines) is 1. The Morgan fingerprint density at radius 3 is 2.50 bits per heavy atom. The number of carbonyl (C=O) groups excluding carboxylic acids is 1. The lowest BCUT2D eigenvalue weighted by Crippen LogP contribution is -2.57. The van der Waals surface area contributed by atoms with Crippen LogP contribution >= 0.6 is 0 Å². The molecule has 3 aromatic heterocycles. The molecular formula is C24H22F5N5O2. The molecule has 1 aliphatic heterocycles. The minimum atomic E-state index is -4.56. The van der Waals surface area contributed by atoms with Gasteiger partial charge in [0.2, 0.25) is 5.88 Å². The predicted octanol–water partition coefficient (Wildman–Crippen LogP) is 4.83. The standard InChI is InChI=1S/C24H22F5N5O2/c1-14-10-23(25,26)13-34(18(14)12-36-19-7-5-16(11-32-19)24(27,28)29)22(35)20-17(6-4-15(2)33-20)21-30-8-3-9-31-21/h3-9,11,14,18H,10,12-13H2,1-2H3/t14-,18-/m1/s1. The summed E-state index contributed by atoms with van der Waals surface area (Å²) in [6.45, 7) is 2.11. The van der Waals surface area contributed by atoms with E-state index in [1.165, 1.54) is 12.4 Å². The van der Waals surface area contributed by atoms with Crippen molar-refractivity contribution in [2.45, 2.75) is 38.4 Å². The number of piperidine rings is 1. The van der Waals surface area contributed by atoms with E-state index in [0.29, 0.717) is 11.9 Å². The SMILES string of the molecule is Cc1ccc(-c2ncccn2)c(C(=O)N2CC(F)(F)C[C@@H](C)[C@H]2COc2ccc(C(F)(F)F)cn2)n1. The molecule has 0 bridgehead atoms. The van der Waals surface area contributed by atoms with Crippen LogP contribution < -0.4 is 4.74 Å². The quantitative estimate of drug-likeness (QED) is 0.461. The van der Waals surface area contributed by atoms with Gasteiger partial charge in [-0.05, 0) is 37.1 Å². The summed E-state index contributed by atoms with van der Waals surface area (Å²) in [5, 5.41) is 0. The Bertz CT molecular complexity index is 1220. The molecule has 0 saturated carbocycles. The van der Waals surface area contributed by atoms with Gasteiger partial charge in [0.05, 0.1) is 23.7 Å². The van der Waals surface area contributed by atoms with Gasteiger partial charge >= 0.3 is 6.18 Å². The van der Waals surface area contributed by atoms with Gasteiger partial charge in [-0.3, -0.25) is 4.79 Å². The zero-order chi connectivity index (χ0) is 26.1. The minimum absolute atomic E-state index is 0.0799. The molecular weight excluding hydrogens is 485 g/mol. The van der Waals surface area contributed by atoms with Crippen LogP contribution in [0.3, 0.4) is 0 Å². The first-order chi connectivity index (χ1) is 16.9. The molecule has 0 unspecified atom stereocenters. The third-order valence-corrected chi connectivity index (χ3v) is 5.85. The highest BCUT2D eigenvalue weighted by Crippen LogP contribution is 2.36. The minimum Gasteiger partial charge on any atom is -0.475 e. The fourth-order valence-electron chi connectivity index (χ4n) is 4.10. The summed E-state index contributed by atoms with van der Waals surface area (Å²) in [6.07, 6.45) is -1.44. The van der Waals surface area contributed by atoms with E-state index in [1.54, 1.807) is 32.0 Å². The highest BCUT2D eigenvalue weighted by Gasteiger charge is 2.47. The van der Waals surface area contributed by atoms with Gasteiger partial charge in [-0.25, -0.2) is 28.7 Å². The number of amides is 1. The van der Waals surface area contributed by atoms with E-state index in [4.69, 9.17) is 4.74 Å². The van der Waals surface area contributed by atoms with Gasteiger partial charge in [0.25, 0.3) is 11.8 Å². The largest absolute Gasteiger partial charge is 0.475 e. The van der Waals surface area contributed by atoms with E-state index in [0.717, 1.165) is 17.0 Å². The Labute approximate surface area is 203 Å². The number of pyridine rings is 2. The number of hydrogen-bond donors (Lipinski definition) is 0. The fraction of sp³-hybridized carbons (Fsp3) is 0.375. The molecule has 1 fully saturated rings. The molecule has 1 saturated heterocycles. The van der Waals surface area contributed by atoms with E-state index in [2.05, 4.69) is 19.9 Å². The summed E-state index contributed by atoms with van der Waals surface area (Å²) in [6, 6.07) is 5.91. The number of halogens is 5. The third kappa shape index (κ3) is 5.58. The number of hydrogen-bond acceptors (Lipinski definition) is 6. The van der Waals surface area contributed by atoms with Crippen molar-refractivity contribution in [3.63, 3.8) is 0 Å². The number of alkyl halides is 5. The summed E-state index contributed by atoms with van der Waals surface area (Å²) < 4.78 is 73.1. The maximum atomic E-state index is 14.6. The van der Waals surface area contributed by atoms with Crippen molar-refractivity contribution in [2.75, 3.05) is 13.2 Å². The molecule has 0 N–H and O–H groups in total. The van der Waals surface area contributed by atoms with Crippen LogP contribution in [0.25, 0.3) is 11.4 Å². The molecule has 0 aromatic carbocycles. The molecule has 0 aliphatic carbocycles. The predicted molar refractivity (Wildman–Crippen MR) is 118 cm³/mol. The lowest BCUT2D eigenvalue weighted by Gasteiger charge is -2.43. The van der Waals surface area contributed by atoms with Crippen LogP contribution in [0, 0.1) is 12.8 Å².